The molecule has 2 aromatic rings. The van der Waals surface area contributed by atoms with Gasteiger partial charge >= 0.3 is 0 Å². The van der Waals surface area contributed by atoms with Gasteiger partial charge in [-0.2, -0.15) is 0 Å². The molecule has 0 aromatic heterocycles. The maximum absolute atomic E-state index is 11.4. The quantitative estimate of drug-likeness (QED) is 0.841. The summed E-state index contributed by atoms with van der Waals surface area (Å²) in [5.41, 5.74) is 9.01. The first-order chi connectivity index (χ1) is 10.0. The van der Waals surface area contributed by atoms with Gasteiger partial charge in [0.15, 0.2) is 0 Å². The molecule has 1 amide bonds. The van der Waals surface area contributed by atoms with E-state index in [0.717, 1.165) is 22.1 Å². The van der Waals surface area contributed by atoms with Gasteiger partial charge in [-0.15, -0.1) is 0 Å². The topological polar surface area (TPSA) is 55.1 Å². The number of hydrogen-bond acceptors (Lipinski definition) is 2. The first kappa shape index (κ1) is 15.6. The number of hydrogen-bond donors (Lipinski definition) is 2. The van der Waals surface area contributed by atoms with Crippen molar-refractivity contribution in [1.82, 2.24) is 0 Å². The third-order valence-corrected chi connectivity index (χ3v) is 4.14. The van der Waals surface area contributed by atoms with Gasteiger partial charge in [0, 0.05) is 15.7 Å². The molecule has 0 heterocycles. The van der Waals surface area contributed by atoms with Crippen LogP contribution in [0.1, 0.15) is 40.9 Å². The van der Waals surface area contributed by atoms with E-state index in [2.05, 4.69) is 40.3 Å². The fraction of sp³-hybridized carbons (Fsp3) is 0.235. The fourth-order valence-electron chi connectivity index (χ4n) is 2.36. The Hall–Kier alpha value is -1.81. The van der Waals surface area contributed by atoms with E-state index in [1.165, 1.54) is 5.56 Å². The van der Waals surface area contributed by atoms with Crippen LogP contribution in [0.5, 0.6) is 0 Å². The third-order valence-electron chi connectivity index (χ3n) is 3.61. The van der Waals surface area contributed by atoms with E-state index in [0.29, 0.717) is 5.56 Å². The summed E-state index contributed by atoms with van der Waals surface area (Å²) in [6.45, 7) is 4.05. The molecule has 2 aromatic carbocycles. The number of benzene rings is 2. The molecule has 0 aliphatic rings. The van der Waals surface area contributed by atoms with Crippen molar-refractivity contribution in [2.45, 2.75) is 26.3 Å². The molecule has 0 aliphatic heterocycles. The van der Waals surface area contributed by atoms with Gasteiger partial charge in [-0.1, -0.05) is 41.1 Å². The van der Waals surface area contributed by atoms with Crippen LogP contribution in [0.4, 0.5) is 5.69 Å². The number of primary amides is 1. The third kappa shape index (κ3) is 3.64. The molecule has 21 heavy (non-hydrogen) atoms. The number of rotatable bonds is 5. The Morgan fingerprint density at radius 1 is 1.24 bits per heavy atom. The van der Waals surface area contributed by atoms with Crippen LogP contribution in [-0.4, -0.2) is 5.91 Å². The zero-order valence-corrected chi connectivity index (χ0v) is 13.8. The minimum atomic E-state index is -0.396. The number of carbonyl (C=O) groups is 1. The van der Waals surface area contributed by atoms with E-state index >= 15 is 0 Å². The SMILES string of the molecule is CCC(Nc1cccc(C(N)=O)c1C)c1ccc(Br)cc1. The lowest BCUT2D eigenvalue weighted by molar-refractivity contribution is 0.1000. The van der Waals surface area contributed by atoms with Crippen molar-refractivity contribution in [2.75, 3.05) is 5.32 Å². The van der Waals surface area contributed by atoms with E-state index in [-0.39, 0.29) is 6.04 Å². The molecule has 0 fully saturated rings. The molecule has 2 rings (SSSR count). The van der Waals surface area contributed by atoms with Crippen molar-refractivity contribution in [2.24, 2.45) is 5.73 Å². The molecule has 0 radical (unpaired) electrons. The molecule has 1 unspecified atom stereocenters. The van der Waals surface area contributed by atoms with E-state index in [1.807, 2.05) is 31.2 Å². The molecular formula is C17H19BrN2O. The molecule has 0 aliphatic carbocycles. The number of carbonyl (C=O) groups excluding carboxylic acids is 1. The van der Waals surface area contributed by atoms with Crippen LogP contribution in [-0.2, 0) is 0 Å². The fourth-order valence-corrected chi connectivity index (χ4v) is 2.63. The van der Waals surface area contributed by atoms with Crippen LogP contribution in [0.2, 0.25) is 0 Å². The number of nitrogens with two attached hydrogens (primary N) is 1. The number of nitrogens with one attached hydrogen (secondary N) is 1. The van der Waals surface area contributed by atoms with Crippen molar-refractivity contribution < 1.29 is 4.79 Å². The Kier molecular flexibility index (Phi) is 5.02. The van der Waals surface area contributed by atoms with Crippen molar-refractivity contribution in [3.8, 4) is 0 Å². The van der Waals surface area contributed by atoms with Crippen LogP contribution in [0.25, 0.3) is 0 Å². The summed E-state index contributed by atoms with van der Waals surface area (Å²) < 4.78 is 1.06. The molecule has 3 nitrogen and oxygen atoms in total. The summed E-state index contributed by atoms with van der Waals surface area (Å²) >= 11 is 3.45. The highest BCUT2D eigenvalue weighted by Gasteiger charge is 2.13. The molecule has 0 spiro atoms. The van der Waals surface area contributed by atoms with Crippen molar-refractivity contribution >= 4 is 27.5 Å². The molecule has 110 valence electrons. The van der Waals surface area contributed by atoms with Gasteiger partial charge in [0.05, 0.1) is 6.04 Å². The zero-order valence-electron chi connectivity index (χ0n) is 12.2. The lowest BCUT2D eigenvalue weighted by Gasteiger charge is -2.21. The number of anilines is 1. The Bertz CT molecular complexity index is 638. The van der Waals surface area contributed by atoms with Crippen molar-refractivity contribution in [3.63, 3.8) is 0 Å². The summed E-state index contributed by atoms with van der Waals surface area (Å²) in [5, 5.41) is 3.50. The molecule has 0 saturated carbocycles. The second kappa shape index (κ2) is 6.76. The molecule has 0 saturated heterocycles. The maximum Gasteiger partial charge on any atom is 0.249 e. The summed E-state index contributed by atoms with van der Waals surface area (Å²) in [7, 11) is 0. The van der Waals surface area contributed by atoms with Crippen LogP contribution < -0.4 is 11.1 Å². The largest absolute Gasteiger partial charge is 0.378 e. The summed E-state index contributed by atoms with van der Waals surface area (Å²) in [6, 6.07) is 14.0. The Labute approximate surface area is 133 Å². The second-order valence-corrected chi connectivity index (χ2v) is 5.91. The lowest BCUT2D eigenvalue weighted by atomic mass is 10.0. The highest BCUT2D eigenvalue weighted by atomic mass is 79.9. The van der Waals surface area contributed by atoms with Crippen LogP contribution in [0, 0.1) is 6.92 Å². The number of amides is 1. The van der Waals surface area contributed by atoms with Gasteiger partial charge in [0.2, 0.25) is 5.91 Å². The summed E-state index contributed by atoms with van der Waals surface area (Å²) in [6.07, 6.45) is 0.946. The van der Waals surface area contributed by atoms with Gasteiger partial charge < -0.3 is 11.1 Å². The molecule has 4 heteroatoms. The Morgan fingerprint density at radius 3 is 2.48 bits per heavy atom. The van der Waals surface area contributed by atoms with Crippen LogP contribution >= 0.6 is 15.9 Å². The minimum absolute atomic E-state index is 0.194. The van der Waals surface area contributed by atoms with E-state index in [1.54, 1.807) is 6.07 Å². The average molecular weight is 347 g/mol. The number of halogens is 1. The first-order valence-corrected chi connectivity index (χ1v) is 7.73. The van der Waals surface area contributed by atoms with E-state index in [9.17, 15) is 4.79 Å². The summed E-state index contributed by atoms with van der Waals surface area (Å²) in [4.78, 5) is 11.4. The predicted molar refractivity (Wildman–Crippen MR) is 90.5 cm³/mol. The average Bonchev–Trinajstić information content (AvgIpc) is 2.47. The lowest BCUT2D eigenvalue weighted by Crippen LogP contribution is -2.15. The van der Waals surface area contributed by atoms with Gasteiger partial charge in [0.1, 0.15) is 0 Å². The first-order valence-electron chi connectivity index (χ1n) is 6.94. The minimum Gasteiger partial charge on any atom is -0.378 e. The Morgan fingerprint density at radius 2 is 1.90 bits per heavy atom. The molecule has 0 bridgehead atoms. The molecule has 3 N–H and O–H groups in total. The monoisotopic (exact) mass is 346 g/mol. The van der Waals surface area contributed by atoms with Crippen molar-refractivity contribution in [1.29, 1.82) is 0 Å². The molecular weight excluding hydrogens is 328 g/mol. The smallest absolute Gasteiger partial charge is 0.249 e. The maximum atomic E-state index is 11.4. The normalized spacial score (nSPS) is 12.0. The van der Waals surface area contributed by atoms with Crippen LogP contribution in [0.15, 0.2) is 46.9 Å². The standard InChI is InChI=1S/C17H19BrN2O/c1-3-15(12-7-9-13(18)10-8-12)20-16-6-4-5-14(11(16)2)17(19)21/h4-10,15,20H,3H2,1-2H3,(H2,19,21). The Balaban J connectivity index is 2.29. The van der Waals surface area contributed by atoms with Gasteiger partial charge in [0.25, 0.3) is 0 Å². The zero-order chi connectivity index (χ0) is 15.4. The highest BCUT2D eigenvalue weighted by Crippen LogP contribution is 2.27. The van der Waals surface area contributed by atoms with Gasteiger partial charge in [-0.25, -0.2) is 0 Å². The predicted octanol–water partition coefficient (Wildman–Crippen LogP) is 4.42. The van der Waals surface area contributed by atoms with E-state index < -0.39 is 5.91 Å². The van der Waals surface area contributed by atoms with Gasteiger partial charge in [-0.3, -0.25) is 4.79 Å². The molecule has 1 atom stereocenters. The summed E-state index contributed by atoms with van der Waals surface area (Å²) in [5.74, 6) is -0.396. The van der Waals surface area contributed by atoms with E-state index in [4.69, 9.17) is 5.73 Å². The van der Waals surface area contributed by atoms with Crippen LogP contribution in [0.3, 0.4) is 0 Å². The highest BCUT2D eigenvalue weighted by molar-refractivity contribution is 9.10. The van der Waals surface area contributed by atoms with Gasteiger partial charge in [-0.05, 0) is 48.7 Å². The second-order valence-electron chi connectivity index (χ2n) is 5.00. The van der Waals surface area contributed by atoms with Crippen molar-refractivity contribution in [3.05, 3.63) is 63.6 Å².